The number of fused-ring (bicyclic) bond motifs is 1. The zero-order chi connectivity index (χ0) is 28.6. The lowest BCUT2D eigenvalue weighted by molar-refractivity contribution is -0.137. The molecule has 0 bridgehead atoms. The Morgan fingerprint density at radius 2 is 2.00 bits per heavy atom. The number of rotatable bonds is 8. The molecule has 2 N–H and O–H groups in total. The molecule has 0 unspecified atom stereocenters. The molecule has 4 heterocycles. The average Bonchev–Trinajstić information content (AvgIpc) is 3.61. The first-order valence-electron chi connectivity index (χ1n) is 13.7. The van der Waals surface area contributed by atoms with E-state index < -0.39 is 11.7 Å². The Hall–Kier alpha value is -3.95. The van der Waals surface area contributed by atoms with Crippen molar-refractivity contribution in [2.24, 2.45) is 0 Å². The van der Waals surface area contributed by atoms with Gasteiger partial charge in [0.2, 0.25) is 0 Å². The van der Waals surface area contributed by atoms with Crippen molar-refractivity contribution in [3.05, 3.63) is 60.3 Å². The second kappa shape index (κ2) is 10.8. The zero-order valence-electron chi connectivity index (χ0n) is 22.7. The Morgan fingerprint density at radius 1 is 1.20 bits per heavy atom. The number of nitrogens with one attached hydrogen (secondary N) is 2. The number of piperidine rings is 1. The molecule has 0 amide bonds. The highest BCUT2D eigenvalue weighted by molar-refractivity contribution is 5.90. The van der Waals surface area contributed by atoms with Crippen LogP contribution in [0, 0.1) is 11.3 Å². The molecule has 1 aromatic carbocycles. The van der Waals surface area contributed by atoms with Crippen LogP contribution in [0.5, 0.6) is 5.75 Å². The molecule has 2 fully saturated rings. The molecule has 6 rings (SSSR count). The van der Waals surface area contributed by atoms with Crippen LogP contribution in [0.15, 0.2) is 49.2 Å². The summed E-state index contributed by atoms with van der Waals surface area (Å²) in [5.41, 5.74) is 1.90. The van der Waals surface area contributed by atoms with Gasteiger partial charge in [0.05, 0.1) is 35.5 Å². The first kappa shape index (κ1) is 27.2. The van der Waals surface area contributed by atoms with Crippen molar-refractivity contribution >= 4 is 11.0 Å². The number of likely N-dealkylation sites (tertiary alicyclic amines) is 1. The number of aromatic amines is 1. The van der Waals surface area contributed by atoms with Gasteiger partial charge in [0.1, 0.15) is 23.8 Å². The van der Waals surface area contributed by atoms with Crippen LogP contribution in [0.25, 0.3) is 22.3 Å². The van der Waals surface area contributed by atoms with Crippen molar-refractivity contribution in [2.45, 2.75) is 62.5 Å². The summed E-state index contributed by atoms with van der Waals surface area (Å²) in [6.07, 6.45) is 5.97. The maximum Gasteiger partial charge on any atom is 0.416 e. The Bertz CT molecular complexity index is 1560. The minimum atomic E-state index is -4.43. The number of H-pyrrole nitrogens is 1. The van der Waals surface area contributed by atoms with Crippen LogP contribution in [0.2, 0.25) is 0 Å². The highest BCUT2D eigenvalue weighted by Gasteiger charge is 2.49. The van der Waals surface area contributed by atoms with Gasteiger partial charge in [-0.25, -0.2) is 9.97 Å². The van der Waals surface area contributed by atoms with E-state index in [1.165, 1.54) is 6.33 Å². The molecule has 4 aromatic rings. The van der Waals surface area contributed by atoms with Gasteiger partial charge >= 0.3 is 6.18 Å². The summed E-state index contributed by atoms with van der Waals surface area (Å²) in [5, 5.41) is 18.1. The van der Waals surface area contributed by atoms with E-state index in [2.05, 4.69) is 36.3 Å². The molecule has 0 atom stereocenters. The normalized spacial score (nSPS) is 22.0. The van der Waals surface area contributed by atoms with Crippen molar-refractivity contribution in [3.8, 4) is 23.1 Å². The highest BCUT2D eigenvalue weighted by Crippen LogP contribution is 2.46. The van der Waals surface area contributed by atoms with E-state index in [1.54, 1.807) is 19.3 Å². The number of nitrogens with zero attached hydrogens (tertiary/aromatic N) is 6. The fourth-order valence-electron chi connectivity index (χ4n) is 6.19. The monoisotopic (exact) mass is 564 g/mol. The topological polar surface area (TPSA) is 108 Å². The third kappa shape index (κ3) is 5.39. The van der Waals surface area contributed by atoms with E-state index in [1.807, 2.05) is 23.1 Å². The van der Waals surface area contributed by atoms with Gasteiger partial charge in [0.15, 0.2) is 0 Å². The molecule has 1 saturated heterocycles. The van der Waals surface area contributed by atoms with Gasteiger partial charge in [-0.05, 0) is 62.6 Å². The van der Waals surface area contributed by atoms with Crippen LogP contribution >= 0.6 is 0 Å². The van der Waals surface area contributed by atoms with Crippen LogP contribution < -0.4 is 10.1 Å². The minimum absolute atomic E-state index is 0.145. The van der Waals surface area contributed by atoms with Crippen LogP contribution in [-0.2, 0) is 18.3 Å². The van der Waals surface area contributed by atoms with Gasteiger partial charge < -0.3 is 15.0 Å². The Balaban J connectivity index is 1.09. The molecular formula is C29H31F3N8O. The first-order chi connectivity index (χ1) is 19.8. The summed E-state index contributed by atoms with van der Waals surface area (Å²) < 4.78 is 48.2. The molecule has 1 aliphatic heterocycles. The number of ether oxygens (including phenoxy) is 1. The molecule has 1 saturated carbocycles. The predicted octanol–water partition coefficient (Wildman–Crippen LogP) is 4.87. The second-order valence-corrected chi connectivity index (χ2v) is 11.0. The average molecular weight is 565 g/mol. The number of nitriles is 1. The predicted molar refractivity (Wildman–Crippen MR) is 146 cm³/mol. The van der Waals surface area contributed by atoms with Crippen LogP contribution in [0.3, 0.4) is 0 Å². The number of benzene rings is 1. The van der Waals surface area contributed by atoms with Crippen molar-refractivity contribution in [1.82, 2.24) is 34.9 Å². The van der Waals surface area contributed by atoms with E-state index in [-0.39, 0.29) is 17.4 Å². The fraction of sp³-hybridized carbons (Fsp3) is 0.448. The summed E-state index contributed by atoms with van der Waals surface area (Å²) in [6.45, 7) is 1.91. The van der Waals surface area contributed by atoms with Gasteiger partial charge in [0.25, 0.3) is 0 Å². The first-order valence-corrected chi connectivity index (χ1v) is 13.7. The van der Waals surface area contributed by atoms with Gasteiger partial charge in [-0.15, -0.1) is 0 Å². The number of hydrogen-bond donors (Lipinski definition) is 2. The van der Waals surface area contributed by atoms with Crippen LogP contribution in [-0.4, -0.2) is 61.9 Å². The highest BCUT2D eigenvalue weighted by atomic mass is 19.4. The maximum absolute atomic E-state index is 13.4. The Morgan fingerprint density at radius 3 is 2.73 bits per heavy atom. The molecule has 1 aliphatic carbocycles. The molecule has 3 aromatic heterocycles. The lowest BCUT2D eigenvalue weighted by Crippen LogP contribution is -2.58. The second-order valence-electron chi connectivity index (χ2n) is 11.0. The van der Waals surface area contributed by atoms with Gasteiger partial charge in [-0.2, -0.15) is 23.5 Å². The van der Waals surface area contributed by atoms with Crippen LogP contribution in [0.1, 0.15) is 43.2 Å². The van der Waals surface area contributed by atoms with Crippen molar-refractivity contribution in [2.75, 3.05) is 20.1 Å². The van der Waals surface area contributed by atoms with Crippen molar-refractivity contribution < 1.29 is 17.9 Å². The molecule has 12 heteroatoms. The molecule has 41 heavy (non-hydrogen) atoms. The van der Waals surface area contributed by atoms with Crippen molar-refractivity contribution in [3.63, 3.8) is 0 Å². The summed E-state index contributed by atoms with van der Waals surface area (Å²) >= 11 is 0. The molecular weight excluding hydrogens is 533 g/mol. The SMILES string of the molecule is CNCc1cc(OC2CCN(C3CC(CC#N)(n4cc(-c5ncnc6[nH]ccc56)cn4)C3)CC2)cc(C(F)(F)F)c1. The van der Waals surface area contributed by atoms with Gasteiger partial charge in [-0.3, -0.25) is 9.58 Å². The third-order valence-electron chi connectivity index (χ3n) is 8.31. The van der Waals surface area contributed by atoms with Crippen molar-refractivity contribution in [1.29, 1.82) is 5.26 Å². The summed E-state index contributed by atoms with van der Waals surface area (Å²) in [5.74, 6) is 0.260. The summed E-state index contributed by atoms with van der Waals surface area (Å²) in [4.78, 5) is 14.2. The molecule has 0 radical (unpaired) electrons. The quantitative estimate of drug-likeness (QED) is 0.314. The maximum atomic E-state index is 13.4. The Kier molecular flexibility index (Phi) is 7.17. The van der Waals surface area contributed by atoms with E-state index in [9.17, 15) is 18.4 Å². The zero-order valence-corrected chi connectivity index (χ0v) is 22.7. The lowest BCUT2D eigenvalue weighted by atomic mass is 9.69. The number of aromatic nitrogens is 5. The smallest absolute Gasteiger partial charge is 0.416 e. The lowest BCUT2D eigenvalue weighted by Gasteiger charge is -2.52. The molecule has 0 spiro atoms. The van der Waals surface area contributed by atoms with Crippen LogP contribution in [0.4, 0.5) is 13.2 Å². The molecule has 214 valence electrons. The molecule has 9 nitrogen and oxygen atoms in total. The number of hydrogen-bond acceptors (Lipinski definition) is 7. The standard InChI is InChI=1S/C29H31F3N8O/c1-34-15-19-10-21(29(30,31)32)12-24(11-19)41-23-3-8-39(9-4-23)22-13-28(14-22,5-6-33)40-17-20(16-38-40)26-25-2-7-35-27(25)37-18-36-26/h2,7,10-12,16-18,22-23,34H,3-5,8-9,13-15H2,1H3,(H,35,36,37). The summed E-state index contributed by atoms with van der Waals surface area (Å²) in [6, 6.07) is 8.54. The molecule has 2 aliphatic rings. The fourth-order valence-corrected chi connectivity index (χ4v) is 6.19. The van der Waals surface area contributed by atoms with Gasteiger partial charge in [0, 0.05) is 49.0 Å². The number of halogens is 3. The third-order valence-corrected chi connectivity index (χ3v) is 8.31. The summed E-state index contributed by atoms with van der Waals surface area (Å²) in [7, 11) is 1.70. The van der Waals surface area contributed by atoms with E-state index in [0.717, 1.165) is 73.2 Å². The number of alkyl halides is 3. The minimum Gasteiger partial charge on any atom is -0.490 e. The Labute approximate surface area is 235 Å². The van der Waals surface area contributed by atoms with E-state index in [4.69, 9.17) is 4.74 Å². The largest absolute Gasteiger partial charge is 0.490 e. The van der Waals surface area contributed by atoms with E-state index in [0.29, 0.717) is 24.6 Å². The van der Waals surface area contributed by atoms with E-state index >= 15 is 0 Å². The van der Waals surface area contributed by atoms with Gasteiger partial charge in [-0.1, -0.05) is 0 Å².